The van der Waals surface area contributed by atoms with Crippen molar-refractivity contribution in [1.82, 2.24) is 0 Å². The van der Waals surface area contributed by atoms with Gasteiger partial charge in [0.05, 0.1) is 0 Å². The Morgan fingerprint density at radius 2 is 2.43 bits per heavy atom. The van der Waals surface area contributed by atoms with Crippen molar-refractivity contribution in [1.29, 1.82) is 0 Å². The van der Waals surface area contributed by atoms with Crippen molar-refractivity contribution in [3.8, 4) is 0 Å². The zero-order valence-corrected chi connectivity index (χ0v) is 4.22. The Bertz CT molecular complexity index is 70.1. The molecule has 3 nitrogen and oxygen atoms in total. The molecule has 0 aromatic carbocycles. The maximum atomic E-state index is 10.0. The summed E-state index contributed by atoms with van der Waals surface area (Å²) in [7, 11) is 0. The van der Waals surface area contributed by atoms with Gasteiger partial charge < -0.3 is 10.8 Å². The summed E-state index contributed by atoms with van der Waals surface area (Å²) in [5, 5.41) is 8.28. The van der Waals surface area contributed by atoms with Crippen LogP contribution < -0.4 is 5.73 Å². The molecule has 0 aromatic rings. The zero-order chi connectivity index (χ0) is 5.86. The molecule has 0 aromatic heterocycles. The number of aliphatic hydroxyl groups excluding tert-OH is 1. The molecule has 0 aliphatic heterocycles. The highest BCUT2D eigenvalue weighted by atomic mass is 16.3. The predicted molar refractivity (Wildman–Crippen MR) is 25.5 cm³/mol. The van der Waals surface area contributed by atoms with Crippen LogP contribution in [0.3, 0.4) is 0 Å². The van der Waals surface area contributed by atoms with Crippen LogP contribution in [0.4, 0.5) is 0 Å². The normalized spacial score (nSPS) is 13.6. The van der Waals surface area contributed by atoms with E-state index in [9.17, 15) is 4.79 Å². The van der Waals surface area contributed by atoms with Crippen LogP contribution in [-0.4, -0.2) is 17.1 Å². The van der Waals surface area contributed by atoms with Crippen molar-refractivity contribution in [2.24, 2.45) is 5.73 Å². The Labute approximate surface area is 42.1 Å². The van der Waals surface area contributed by atoms with Crippen LogP contribution in [0.2, 0.25) is 0 Å². The molecule has 0 unspecified atom stereocenters. The number of rotatable bonds is 2. The van der Waals surface area contributed by atoms with Crippen LogP contribution in [-0.2, 0) is 4.79 Å². The Kier molecular flexibility index (Phi) is 2.55. The van der Waals surface area contributed by atoms with E-state index in [4.69, 9.17) is 10.8 Å². The maximum absolute atomic E-state index is 10.0. The van der Waals surface area contributed by atoms with E-state index in [0.29, 0.717) is 0 Å². The van der Waals surface area contributed by atoms with Crippen molar-refractivity contribution in [3.05, 3.63) is 0 Å². The second kappa shape index (κ2) is 2.71. The number of hydrogen-bond acceptors (Lipinski definition) is 3. The summed E-state index contributed by atoms with van der Waals surface area (Å²) in [6.07, 6.45) is -0.919. The zero-order valence-electron chi connectivity index (χ0n) is 4.22. The standard InChI is InChI=1S/C4H9NO2/c1-3(6)2-4(5)7/h4,7H,2,5H2,1H3/t4-/m0/s1. The molecule has 0 saturated heterocycles. The molecule has 0 spiro atoms. The average Bonchev–Trinajstić information content (AvgIpc) is 1.27. The Morgan fingerprint density at radius 1 is 2.00 bits per heavy atom. The monoisotopic (exact) mass is 103 g/mol. The molecule has 0 rings (SSSR count). The molecule has 0 amide bonds. The van der Waals surface area contributed by atoms with Gasteiger partial charge in [-0.25, -0.2) is 0 Å². The van der Waals surface area contributed by atoms with E-state index in [2.05, 4.69) is 0 Å². The molecule has 0 bridgehead atoms. The van der Waals surface area contributed by atoms with E-state index in [1.165, 1.54) is 6.92 Å². The summed E-state index contributed by atoms with van der Waals surface area (Å²) < 4.78 is 0. The lowest BCUT2D eigenvalue weighted by Crippen LogP contribution is -2.21. The first kappa shape index (κ1) is 6.59. The molecule has 7 heavy (non-hydrogen) atoms. The van der Waals surface area contributed by atoms with Crippen LogP contribution in [0, 0.1) is 0 Å². The highest BCUT2D eigenvalue weighted by molar-refractivity contribution is 5.75. The van der Waals surface area contributed by atoms with E-state index in [1.54, 1.807) is 0 Å². The van der Waals surface area contributed by atoms with Crippen LogP contribution in [0.15, 0.2) is 0 Å². The fraction of sp³-hybridized carbons (Fsp3) is 0.750. The third kappa shape index (κ3) is 5.59. The maximum Gasteiger partial charge on any atom is 0.133 e. The highest BCUT2D eigenvalue weighted by Gasteiger charge is 1.97. The minimum absolute atomic E-state index is 0.0556. The summed E-state index contributed by atoms with van der Waals surface area (Å²) in [4.78, 5) is 10.0. The van der Waals surface area contributed by atoms with Gasteiger partial charge in [-0.05, 0) is 6.92 Å². The smallest absolute Gasteiger partial charge is 0.133 e. The van der Waals surface area contributed by atoms with E-state index in [1.807, 2.05) is 0 Å². The van der Waals surface area contributed by atoms with Gasteiger partial charge in [-0.1, -0.05) is 0 Å². The largest absolute Gasteiger partial charge is 0.378 e. The first-order valence-electron chi connectivity index (χ1n) is 2.06. The van der Waals surface area contributed by atoms with Gasteiger partial charge in [0.2, 0.25) is 0 Å². The molecule has 3 N–H and O–H groups in total. The number of aliphatic hydroxyl groups is 1. The van der Waals surface area contributed by atoms with Gasteiger partial charge in [-0.3, -0.25) is 4.79 Å². The predicted octanol–water partition coefficient (Wildman–Crippen LogP) is -0.757. The molecular weight excluding hydrogens is 94.0 g/mol. The van der Waals surface area contributed by atoms with E-state index >= 15 is 0 Å². The lowest BCUT2D eigenvalue weighted by molar-refractivity contribution is -0.118. The van der Waals surface area contributed by atoms with Gasteiger partial charge in [0.1, 0.15) is 12.0 Å². The number of carbonyl (C=O) groups excluding carboxylic acids is 1. The molecule has 0 fully saturated rings. The summed E-state index contributed by atoms with van der Waals surface area (Å²) in [6.45, 7) is 1.38. The van der Waals surface area contributed by atoms with Gasteiger partial charge in [0, 0.05) is 6.42 Å². The van der Waals surface area contributed by atoms with Gasteiger partial charge in [0.25, 0.3) is 0 Å². The Balaban J connectivity index is 3.13. The second-order valence-electron chi connectivity index (χ2n) is 1.47. The van der Waals surface area contributed by atoms with Gasteiger partial charge >= 0.3 is 0 Å². The quantitative estimate of drug-likeness (QED) is 0.452. The first-order chi connectivity index (χ1) is 3.13. The average molecular weight is 103 g/mol. The number of nitrogens with two attached hydrogens (primary N) is 1. The number of Topliss-reactive ketones (excluding diaryl/α,β-unsaturated/α-hetero) is 1. The summed E-state index contributed by atoms with van der Waals surface area (Å²) in [6, 6.07) is 0. The van der Waals surface area contributed by atoms with E-state index in [-0.39, 0.29) is 12.2 Å². The van der Waals surface area contributed by atoms with Crippen LogP contribution in [0.25, 0.3) is 0 Å². The molecule has 3 heteroatoms. The van der Waals surface area contributed by atoms with Crippen molar-refractivity contribution in [3.63, 3.8) is 0 Å². The van der Waals surface area contributed by atoms with Gasteiger partial charge in [-0.2, -0.15) is 0 Å². The van der Waals surface area contributed by atoms with Crippen molar-refractivity contribution < 1.29 is 9.90 Å². The highest BCUT2D eigenvalue weighted by Crippen LogP contribution is 1.81. The van der Waals surface area contributed by atoms with Gasteiger partial charge in [0.15, 0.2) is 0 Å². The molecule has 0 heterocycles. The fourth-order valence-electron chi connectivity index (χ4n) is 0.295. The molecule has 0 aliphatic rings. The summed E-state index contributed by atoms with van der Waals surface area (Å²) >= 11 is 0. The van der Waals surface area contributed by atoms with Crippen molar-refractivity contribution in [2.45, 2.75) is 19.6 Å². The first-order valence-corrected chi connectivity index (χ1v) is 2.06. The van der Waals surface area contributed by atoms with E-state index in [0.717, 1.165) is 0 Å². The fourth-order valence-corrected chi connectivity index (χ4v) is 0.295. The summed E-state index contributed by atoms with van der Waals surface area (Å²) in [5.41, 5.74) is 4.83. The number of carbonyl (C=O) groups is 1. The van der Waals surface area contributed by atoms with Crippen LogP contribution in [0.1, 0.15) is 13.3 Å². The topological polar surface area (TPSA) is 63.3 Å². The third-order valence-corrected chi connectivity index (χ3v) is 0.497. The minimum atomic E-state index is -0.975. The van der Waals surface area contributed by atoms with Crippen molar-refractivity contribution >= 4 is 5.78 Å². The van der Waals surface area contributed by atoms with Crippen LogP contribution >= 0.6 is 0 Å². The molecule has 0 saturated carbocycles. The Hall–Kier alpha value is -0.410. The second-order valence-corrected chi connectivity index (χ2v) is 1.47. The lowest BCUT2D eigenvalue weighted by atomic mass is 10.3. The molecular formula is C4H9NO2. The SMILES string of the molecule is CC(=O)C[C@@H](N)O. The Morgan fingerprint density at radius 3 is 2.43 bits per heavy atom. The summed E-state index contributed by atoms with van der Waals surface area (Å²) in [5.74, 6) is -0.0880. The third-order valence-electron chi connectivity index (χ3n) is 0.497. The number of hydrogen-bond donors (Lipinski definition) is 2. The van der Waals surface area contributed by atoms with Crippen molar-refractivity contribution in [2.75, 3.05) is 0 Å². The molecule has 0 aliphatic carbocycles. The van der Waals surface area contributed by atoms with Gasteiger partial charge in [-0.15, -0.1) is 0 Å². The molecule has 1 atom stereocenters. The number of ketones is 1. The van der Waals surface area contributed by atoms with E-state index < -0.39 is 6.23 Å². The molecule has 42 valence electrons. The van der Waals surface area contributed by atoms with Crippen LogP contribution in [0.5, 0.6) is 0 Å². The minimum Gasteiger partial charge on any atom is -0.378 e. The lowest BCUT2D eigenvalue weighted by Gasteiger charge is -1.95. The molecule has 0 radical (unpaired) electrons.